The molecule has 2 aliphatic heterocycles. The van der Waals surface area contributed by atoms with Gasteiger partial charge in [-0.3, -0.25) is 9.48 Å². The van der Waals surface area contributed by atoms with Crippen molar-refractivity contribution in [2.45, 2.75) is 25.4 Å². The van der Waals surface area contributed by atoms with Gasteiger partial charge < -0.3 is 14.4 Å². The van der Waals surface area contributed by atoms with Gasteiger partial charge in [0.2, 0.25) is 0 Å². The van der Waals surface area contributed by atoms with Gasteiger partial charge in [0.1, 0.15) is 13.2 Å². The number of fused-ring (bicyclic) bond motifs is 1. The summed E-state index contributed by atoms with van der Waals surface area (Å²) in [4.78, 5) is 14.8. The predicted octanol–water partition coefficient (Wildman–Crippen LogP) is 1.96. The SMILES string of the molecule is O=C(c1ccc2c(c1)OCCO2)N1CCCC1Cn1cccn1. The maximum absolute atomic E-state index is 12.9. The topological polar surface area (TPSA) is 56.6 Å². The highest BCUT2D eigenvalue weighted by Gasteiger charge is 2.30. The molecule has 0 radical (unpaired) electrons. The summed E-state index contributed by atoms with van der Waals surface area (Å²) in [5.41, 5.74) is 0.654. The molecule has 1 atom stereocenters. The van der Waals surface area contributed by atoms with E-state index in [1.54, 1.807) is 12.3 Å². The quantitative estimate of drug-likeness (QED) is 0.869. The van der Waals surface area contributed by atoms with Gasteiger partial charge in [-0.05, 0) is 37.1 Å². The molecule has 3 heterocycles. The number of carbonyl (C=O) groups is 1. The van der Waals surface area contributed by atoms with Crippen molar-refractivity contribution in [2.75, 3.05) is 19.8 Å². The highest BCUT2D eigenvalue weighted by molar-refractivity contribution is 5.95. The van der Waals surface area contributed by atoms with Crippen molar-refractivity contribution in [3.8, 4) is 11.5 Å². The summed E-state index contributed by atoms with van der Waals surface area (Å²) in [6, 6.07) is 7.53. The minimum Gasteiger partial charge on any atom is -0.486 e. The maximum Gasteiger partial charge on any atom is 0.254 e. The zero-order chi connectivity index (χ0) is 15.6. The van der Waals surface area contributed by atoms with E-state index in [0.717, 1.165) is 25.9 Å². The van der Waals surface area contributed by atoms with Crippen molar-refractivity contribution in [1.29, 1.82) is 0 Å². The first-order valence-electron chi connectivity index (χ1n) is 7.99. The van der Waals surface area contributed by atoms with Crippen LogP contribution in [0, 0.1) is 0 Å². The van der Waals surface area contributed by atoms with Crippen molar-refractivity contribution in [2.24, 2.45) is 0 Å². The van der Waals surface area contributed by atoms with E-state index in [2.05, 4.69) is 5.10 Å². The Morgan fingerprint density at radius 1 is 1.26 bits per heavy atom. The Hall–Kier alpha value is -2.50. The van der Waals surface area contributed by atoms with Gasteiger partial charge in [0, 0.05) is 24.5 Å². The van der Waals surface area contributed by atoms with Gasteiger partial charge in [-0.25, -0.2) is 0 Å². The minimum absolute atomic E-state index is 0.0524. The Morgan fingerprint density at radius 3 is 2.96 bits per heavy atom. The van der Waals surface area contributed by atoms with Gasteiger partial charge in [0.25, 0.3) is 5.91 Å². The monoisotopic (exact) mass is 313 g/mol. The summed E-state index contributed by atoms with van der Waals surface area (Å²) in [7, 11) is 0. The Kier molecular flexibility index (Phi) is 3.65. The highest BCUT2D eigenvalue weighted by Crippen LogP contribution is 2.32. The molecule has 23 heavy (non-hydrogen) atoms. The first kappa shape index (κ1) is 14.1. The molecule has 6 heteroatoms. The van der Waals surface area contributed by atoms with E-state index in [9.17, 15) is 4.79 Å². The van der Waals surface area contributed by atoms with E-state index in [-0.39, 0.29) is 11.9 Å². The number of likely N-dealkylation sites (tertiary alicyclic amines) is 1. The largest absolute Gasteiger partial charge is 0.486 e. The number of benzene rings is 1. The molecular weight excluding hydrogens is 294 g/mol. The molecular formula is C17H19N3O3. The van der Waals surface area contributed by atoms with Gasteiger partial charge >= 0.3 is 0 Å². The molecule has 0 saturated carbocycles. The summed E-state index contributed by atoms with van der Waals surface area (Å²) in [6.45, 7) is 2.61. The van der Waals surface area contributed by atoms with Crippen LogP contribution in [0.5, 0.6) is 11.5 Å². The zero-order valence-corrected chi connectivity index (χ0v) is 12.9. The highest BCUT2D eigenvalue weighted by atomic mass is 16.6. The molecule has 1 amide bonds. The molecule has 0 bridgehead atoms. The number of carbonyl (C=O) groups excluding carboxylic acids is 1. The van der Waals surface area contributed by atoms with Gasteiger partial charge in [-0.15, -0.1) is 0 Å². The number of ether oxygens (including phenoxy) is 2. The maximum atomic E-state index is 12.9. The lowest BCUT2D eigenvalue weighted by Crippen LogP contribution is -2.38. The van der Waals surface area contributed by atoms with Crippen LogP contribution in [-0.2, 0) is 6.54 Å². The molecule has 0 spiro atoms. The fourth-order valence-corrected chi connectivity index (χ4v) is 3.26. The normalized spacial score (nSPS) is 19.8. The lowest BCUT2D eigenvalue weighted by molar-refractivity contribution is 0.0720. The van der Waals surface area contributed by atoms with E-state index < -0.39 is 0 Å². The van der Waals surface area contributed by atoms with Crippen molar-refractivity contribution in [3.63, 3.8) is 0 Å². The Bertz CT molecular complexity index is 699. The number of aromatic nitrogens is 2. The number of hydrogen-bond acceptors (Lipinski definition) is 4. The first-order chi connectivity index (χ1) is 11.3. The molecule has 0 aliphatic carbocycles. The van der Waals surface area contributed by atoms with E-state index in [1.165, 1.54) is 0 Å². The second-order valence-corrected chi connectivity index (χ2v) is 5.88. The van der Waals surface area contributed by atoms with Gasteiger partial charge in [0.15, 0.2) is 11.5 Å². The van der Waals surface area contributed by atoms with E-state index in [1.807, 2.05) is 34.0 Å². The fraction of sp³-hybridized carbons (Fsp3) is 0.412. The molecule has 1 aromatic carbocycles. The van der Waals surface area contributed by atoms with Gasteiger partial charge in [0.05, 0.1) is 12.6 Å². The zero-order valence-electron chi connectivity index (χ0n) is 12.9. The summed E-state index contributed by atoms with van der Waals surface area (Å²) in [5, 5.41) is 4.25. The van der Waals surface area contributed by atoms with Crippen LogP contribution in [-0.4, -0.2) is 46.4 Å². The number of rotatable bonds is 3. The van der Waals surface area contributed by atoms with Crippen molar-refractivity contribution < 1.29 is 14.3 Å². The Morgan fingerprint density at radius 2 is 2.13 bits per heavy atom. The van der Waals surface area contributed by atoms with Crippen LogP contribution < -0.4 is 9.47 Å². The van der Waals surface area contributed by atoms with Crippen LogP contribution in [0.1, 0.15) is 23.2 Å². The summed E-state index contributed by atoms with van der Waals surface area (Å²) >= 11 is 0. The van der Waals surface area contributed by atoms with Crippen molar-refractivity contribution >= 4 is 5.91 Å². The van der Waals surface area contributed by atoms with Crippen LogP contribution in [0.4, 0.5) is 0 Å². The number of amides is 1. The van der Waals surface area contributed by atoms with Crippen LogP contribution in [0.2, 0.25) is 0 Å². The Labute approximate surface area is 134 Å². The standard InChI is InChI=1S/C17H19N3O3/c21-17(13-4-5-15-16(11-13)23-10-9-22-15)20-8-1-3-14(20)12-19-7-2-6-18-19/h2,4-7,11,14H,1,3,8-10,12H2. The predicted molar refractivity (Wildman–Crippen MR) is 83.7 cm³/mol. The van der Waals surface area contributed by atoms with Crippen LogP contribution >= 0.6 is 0 Å². The van der Waals surface area contributed by atoms with Crippen LogP contribution in [0.15, 0.2) is 36.7 Å². The van der Waals surface area contributed by atoms with E-state index >= 15 is 0 Å². The smallest absolute Gasteiger partial charge is 0.254 e. The Balaban J connectivity index is 1.53. The molecule has 1 fully saturated rings. The third kappa shape index (κ3) is 2.76. The molecule has 1 aromatic heterocycles. The second-order valence-electron chi connectivity index (χ2n) is 5.88. The molecule has 6 nitrogen and oxygen atoms in total. The lowest BCUT2D eigenvalue weighted by Gasteiger charge is -2.25. The molecule has 1 unspecified atom stereocenters. The lowest BCUT2D eigenvalue weighted by atomic mass is 10.1. The molecule has 4 rings (SSSR count). The van der Waals surface area contributed by atoms with Crippen LogP contribution in [0.25, 0.3) is 0 Å². The third-order valence-electron chi connectivity index (χ3n) is 4.38. The number of nitrogens with zero attached hydrogens (tertiary/aromatic N) is 3. The van der Waals surface area contributed by atoms with Crippen molar-refractivity contribution in [1.82, 2.24) is 14.7 Å². The minimum atomic E-state index is 0.0524. The average Bonchev–Trinajstić information content (AvgIpc) is 3.26. The number of hydrogen-bond donors (Lipinski definition) is 0. The molecule has 2 aliphatic rings. The van der Waals surface area contributed by atoms with Gasteiger partial charge in [-0.1, -0.05) is 0 Å². The fourth-order valence-electron chi connectivity index (χ4n) is 3.26. The second kappa shape index (κ2) is 5.95. The molecule has 120 valence electrons. The molecule has 2 aromatic rings. The first-order valence-corrected chi connectivity index (χ1v) is 7.99. The van der Waals surface area contributed by atoms with E-state index in [4.69, 9.17) is 9.47 Å². The van der Waals surface area contributed by atoms with Gasteiger partial charge in [-0.2, -0.15) is 5.10 Å². The summed E-state index contributed by atoms with van der Waals surface area (Å²) in [5.74, 6) is 1.42. The molecule has 1 saturated heterocycles. The van der Waals surface area contributed by atoms with Crippen LogP contribution in [0.3, 0.4) is 0 Å². The van der Waals surface area contributed by atoms with Crippen molar-refractivity contribution in [3.05, 3.63) is 42.2 Å². The summed E-state index contributed by atoms with van der Waals surface area (Å²) in [6.07, 6.45) is 5.74. The summed E-state index contributed by atoms with van der Waals surface area (Å²) < 4.78 is 13.0. The molecule has 0 N–H and O–H groups in total. The average molecular weight is 313 g/mol. The van der Waals surface area contributed by atoms with E-state index in [0.29, 0.717) is 30.3 Å². The third-order valence-corrected chi connectivity index (χ3v) is 4.38.